The van der Waals surface area contributed by atoms with Gasteiger partial charge in [0.1, 0.15) is 11.5 Å². The Morgan fingerprint density at radius 2 is 1.79 bits per heavy atom. The molecule has 106 valence electrons. The molecule has 0 spiro atoms. The highest BCUT2D eigenvalue weighted by atomic mass is 19.1. The number of carbonyl (C=O) groups is 1. The molecule has 0 aromatic heterocycles. The van der Waals surface area contributed by atoms with Crippen LogP contribution in [-0.4, -0.2) is 23.8 Å². The van der Waals surface area contributed by atoms with Crippen LogP contribution in [0.5, 0.6) is 0 Å². The molecule has 2 amide bonds. The Morgan fingerprint density at radius 3 is 2.26 bits per heavy atom. The van der Waals surface area contributed by atoms with Crippen molar-refractivity contribution < 1.29 is 23.1 Å². The Kier molecular flexibility index (Phi) is 5.17. The lowest BCUT2D eigenvalue weighted by Gasteiger charge is -2.19. The van der Waals surface area contributed by atoms with Crippen molar-refractivity contribution in [1.82, 2.24) is 5.32 Å². The second kappa shape index (κ2) is 6.42. The van der Waals surface area contributed by atoms with Gasteiger partial charge >= 0.3 is 6.03 Å². The molecule has 1 rings (SSSR count). The number of aliphatic hydroxyl groups is 1. The van der Waals surface area contributed by atoms with Gasteiger partial charge in [-0.05, 0) is 12.8 Å². The highest BCUT2D eigenvalue weighted by molar-refractivity contribution is 5.89. The summed E-state index contributed by atoms with van der Waals surface area (Å²) in [4.78, 5) is 11.5. The van der Waals surface area contributed by atoms with Gasteiger partial charge in [-0.15, -0.1) is 0 Å². The molecule has 7 heteroatoms. The van der Waals surface area contributed by atoms with Gasteiger partial charge in [-0.3, -0.25) is 0 Å². The zero-order valence-corrected chi connectivity index (χ0v) is 10.5. The number of urea groups is 1. The highest BCUT2D eigenvalue weighted by Gasteiger charge is 2.17. The van der Waals surface area contributed by atoms with Gasteiger partial charge in [0.25, 0.3) is 0 Å². The van der Waals surface area contributed by atoms with Crippen LogP contribution in [0, 0.1) is 23.4 Å². The first-order valence-corrected chi connectivity index (χ1v) is 5.68. The summed E-state index contributed by atoms with van der Waals surface area (Å²) in [5.74, 6) is -3.68. The zero-order chi connectivity index (χ0) is 14.6. The summed E-state index contributed by atoms with van der Waals surface area (Å²) in [7, 11) is 0. The number of hydrogen-bond donors (Lipinski definition) is 3. The molecule has 0 saturated heterocycles. The summed E-state index contributed by atoms with van der Waals surface area (Å²) >= 11 is 0. The average molecular weight is 276 g/mol. The van der Waals surface area contributed by atoms with E-state index in [1.807, 2.05) is 5.32 Å². The minimum absolute atomic E-state index is 0.138. The number of aliphatic hydroxyl groups excluding tert-OH is 1. The lowest BCUT2D eigenvalue weighted by atomic mass is 10.1. The third-order valence-electron chi connectivity index (χ3n) is 2.75. The maximum absolute atomic E-state index is 13.3. The molecule has 0 aliphatic carbocycles. The SMILES string of the molecule is CC(CO)C(C)NC(=O)Nc1c(F)cc(F)cc1F. The average Bonchev–Trinajstić information content (AvgIpc) is 2.32. The first-order valence-electron chi connectivity index (χ1n) is 5.68. The summed E-state index contributed by atoms with van der Waals surface area (Å²) in [6.07, 6.45) is 0. The third kappa shape index (κ3) is 4.13. The largest absolute Gasteiger partial charge is 0.396 e. The standard InChI is InChI=1S/C12H15F3N2O2/c1-6(5-18)7(2)16-12(19)17-11-9(14)3-8(13)4-10(11)15/h3-4,6-7,18H,5H2,1-2H3,(H2,16,17,19). The van der Waals surface area contributed by atoms with E-state index >= 15 is 0 Å². The Bertz CT molecular complexity index is 445. The van der Waals surface area contributed by atoms with Crippen LogP contribution in [0.2, 0.25) is 0 Å². The van der Waals surface area contributed by atoms with Crippen LogP contribution in [0.25, 0.3) is 0 Å². The minimum atomic E-state index is -1.20. The highest BCUT2D eigenvalue weighted by Crippen LogP contribution is 2.20. The number of rotatable bonds is 4. The first-order chi connectivity index (χ1) is 8.85. The van der Waals surface area contributed by atoms with Crippen LogP contribution in [0.1, 0.15) is 13.8 Å². The van der Waals surface area contributed by atoms with E-state index in [4.69, 9.17) is 5.11 Å². The molecular formula is C12H15F3N2O2. The monoisotopic (exact) mass is 276 g/mol. The third-order valence-corrected chi connectivity index (χ3v) is 2.75. The smallest absolute Gasteiger partial charge is 0.319 e. The Balaban J connectivity index is 2.73. The van der Waals surface area contributed by atoms with Gasteiger partial charge in [0.2, 0.25) is 0 Å². The first kappa shape index (κ1) is 15.3. The molecule has 2 atom stereocenters. The fourth-order valence-electron chi connectivity index (χ4n) is 1.32. The Hall–Kier alpha value is -1.76. The quantitative estimate of drug-likeness (QED) is 0.789. The second-order valence-electron chi connectivity index (χ2n) is 4.29. The van der Waals surface area contributed by atoms with E-state index in [-0.39, 0.29) is 12.5 Å². The van der Waals surface area contributed by atoms with Crippen LogP contribution in [0.15, 0.2) is 12.1 Å². The molecule has 0 saturated carbocycles. The molecular weight excluding hydrogens is 261 g/mol. The molecule has 4 nitrogen and oxygen atoms in total. The fourth-order valence-corrected chi connectivity index (χ4v) is 1.32. The van der Waals surface area contributed by atoms with E-state index in [0.29, 0.717) is 12.1 Å². The Labute approximate surface area is 108 Å². The molecule has 0 fully saturated rings. The normalized spacial score (nSPS) is 13.8. The number of carbonyl (C=O) groups excluding carboxylic acids is 1. The molecule has 0 bridgehead atoms. The van der Waals surface area contributed by atoms with Crippen LogP contribution >= 0.6 is 0 Å². The maximum atomic E-state index is 13.3. The second-order valence-corrected chi connectivity index (χ2v) is 4.29. The zero-order valence-electron chi connectivity index (χ0n) is 10.5. The van der Waals surface area contributed by atoms with Gasteiger partial charge in [-0.25, -0.2) is 18.0 Å². The van der Waals surface area contributed by atoms with Crippen LogP contribution in [-0.2, 0) is 0 Å². The molecule has 0 heterocycles. The van der Waals surface area contributed by atoms with Crippen molar-refractivity contribution in [2.45, 2.75) is 19.9 Å². The molecule has 2 unspecified atom stereocenters. The molecule has 3 N–H and O–H groups in total. The van der Waals surface area contributed by atoms with E-state index in [1.165, 1.54) is 0 Å². The van der Waals surface area contributed by atoms with Gasteiger partial charge in [-0.1, -0.05) is 6.92 Å². The number of amides is 2. The van der Waals surface area contributed by atoms with Crippen LogP contribution in [0.3, 0.4) is 0 Å². The summed E-state index contributed by atoms with van der Waals surface area (Å²) in [6.45, 7) is 3.20. The summed E-state index contributed by atoms with van der Waals surface area (Å²) in [5.41, 5.74) is -0.720. The summed E-state index contributed by atoms with van der Waals surface area (Å²) < 4.78 is 39.2. The number of hydrogen-bond acceptors (Lipinski definition) is 2. The van der Waals surface area contributed by atoms with Gasteiger partial charge in [0.15, 0.2) is 11.6 Å². The lowest BCUT2D eigenvalue weighted by Crippen LogP contribution is -2.41. The number of anilines is 1. The van der Waals surface area contributed by atoms with Crippen molar-refractivity contribution in [1.29, 1.82) is 0 Å². The van der Waals surface area contributed by atoms with E-state index in [2.05, 4.69) is 5.32 Å². The van der Waals surface area contributed by atoms with E-state index in [9.17, 15) is 18.0 Å². The van der Waals surface area contributed by atoms with Gasteiger partial charge in [0, 0.05) is 24.8 Å². The number of benzene rings is 1. The van der Waals surface area contributed by atoms with Crippen molar-refractivity contribution in [3.63, 3.8) is 0 Å². The summed E-state index contributed by atoms with van der Waals surface area (Å²) in [5, 5.41) is 13.3. The van der Waals surface area contributed by atoms with E-state index < -0.39 is 35.2 Å². The van der Waals surface area contributed by atoms with Crippen molar-refractivity contribution in [2.75, 3.05) is 11.9 Å². The van der Waals surface area contributed by atoms with Crippen LogP contribution < -0.4 is 10.6 Å². The van der Waals surface area contributed by atoms with Gasteiger partial charge < -0.3 is 15.7 Å². The van der Waals surface area contributed by atoms with E-state index in [1.54, 1.807) is 13.8 Å². The molecule has 0 aliphatic rings. The predicted octanol–water partition coefficient (Wildman–Crippen LogP) is 2.24. The van der Waals surface area contributed by atoms with E-state index in [0.717, 1.165) is 0 Å². The minimum Gasteiger partial charge on any atom is -0.396 e. The molecule has 1 aromatic carbocycles. The fraction of sp³-hybridized carbons (Fsp3) is 0.417. The van der Waals surface area contributed by atoms with Gasteiger partial charge in [-0.2, -0.15) is 0 Å². The van der Waals surface area contributed by atoms with Crippen molar-refractivity contribution in [2.24, 2.45) is 5.92 Å². The molecule has 1 aromatic rings. The number of nitrogens with one attached hydrogen (secondary N) is 2. The molecule has 0 radical (unpaired) electrons. The van der Waals surface area contributed by atoms with Crippen LogP contribution in [0.4, 0.5) is 23.7 Å². The Morgan fingerprint density at radius 1 is 1.26 bits per heavy atom. The molecule has 19 heavy (non-hydrogen) atoms. The molecule has 0 aliphatic heterocycles. The maximum Gasteiger partial charge on any atom is 0.319 e. The topological polar surface area (TPSA) is 61.4 Å². The van der Waals surface area contributed by atoms with Gasteiger partial charge in [0.05, 0.1) is 0 Å². The lowest BCUT2D eigenvalue weighted by molar-refractivity contribution is 0.204. The summed E-state index contributed by atoms with van der Waals surface area (Å²) in [6, 6.07) is -0.287. The van der Waals surface area contributed by atoms with Crippen molar-refractivity contribution in [3.8, 4) is 0 Å². The van der Waals surface area contributed by atoms with Crippen molar-refractivity contribution >= 4 is 11.7 Å². The van der Waals surface area contributed by atoms with Crippen molar-refractivity contribution in [3.05, 3.63) is 29.6 Å². The predicted molar refractivity (Wildman–Crippen MR) is 64.2 cm³/mol. The number of halogens is 3.